The van der Waals surface area contributed by atoms with Gasteiger partial charge in [-0.2, -0.15) is 0 Å². The average Bonchev–Trinajstić information content (AvgIpc) is 3.28. The van der Waals surface area contributed by atoms with E-state index in [4.69, 9.17) is 14.2 Å². The molecule has 0 bridgehead atoms. The van der Waals surface area contributed by atoms with Crippen molar-refractivity contribution in [3.63, 3.8) is 0 Å². The monoisotopic (exact) mass is 427 g/mol. The summed E-state index contributed by atoms with van der Waals surface area (Å²) in [5, 5.41) is 1.27. The fourth-order valence-electron chi connectivity index (χ4n) is 4.14. The summed E-state index contributed by atoms with van der Waals surface area (Å²) in [6, 6.07) is 20.8. The second-order valence-electron chi connectivity index (χ2n) is 7.71. The zero-order chi connectivity index (χ0) is 22.2. The molecule has 0 fully saturated rings. The van der Waals surface area contributed by atoms with Gasteiger partial charge in [-0.1, -0.05) is 54.1 Å². The Balaban J connectivity index is 1.82. The van der Waals surface area contributed by atoms with E-state index < -0.39 is 5.97 Å². The smallest absolute Gasteiger partial charge is 0.355 e. The fourth-order valence-corrected chi connectivity index (χ4v) is 4.14. The van der Waals surface area contributed by atoms with Gasteiger partial charge < -0.3 is 14.2 Å². The maximum absolute atomic E-state index is 13.6. The Morgan fingerprint density at radius 3 is 2.53 bits per heavy atom. The number of hydrogen-bond donors (Lipinski definition) is 0. The molecule has 0 aliphatic carbocycles. The van der Waals surface area contributed by atoms with Gasteiger partial charge in [-0.15, -0.1) is 0 Å². The number of ether oxygens (including phenoxy) is 3. The van der Waals surface area contributed by atoms with Gasteiger partial charge in [0, 0.05) is 10.9 Å². The second kappa shape index (κ2) is 7.89. The van der Waals surface area contributed by atoms with Crippen molar-refractivity contribution in [1.29, 1.82) is 0 Å². The molecule has 4 aromatic rings. The summed E-state index contributed by atoms with van der Waals surface area (Å²) < 4.78 is 17.5. The first-order chi connectivity index (χ1) is 15.6. The third-order valence-corrected chi connectivity index (χ3v) is 5.65. The highest BCUT2D eigenvalue weighted by molar-refractivity contribution is 6.06. The number of fused-ring (bicyclic) bond motifs is 2. The number of carbonyl (C=O) groups is 1. The summed E-state index contributed by atoms with van der Waals surface area (Å²) in [7, 11) is 1.33. The van der Waals surface area contributed by atoms with Crippen molar-refractivity contribution >= 4 is 16.7 Å². The van der Waals surface area contributed by atoms with E-state index in [2.05, 4.69) is 0 Å². The van der Waals surface area contributed by atoms with Crippen LogP contribution in [0.1, 0.15) is 21.6 Å². The largest absolute Gasteiger partial charge is 0.464 e. The Kier molecular flexibility index (Phi) is 4.90. The summed E-state index contributed by atoms with van der Waals surface area (Å²) in [4.78, 5) is 26.7. The standard InChI is InChI=1S/C26H21NO5/c1-16-8-10-19-20(12-16)23(18-6-4-3-5-7-18)24(26(29)30-2)27(25(19)28)14-17-9-11-21-22(13-17)32-15-31-21/h3-13H,14-15H2,1-2H3. The molecule has 5 rings (SSSR count). The molecule has 0 saturated heterocycles. The van der Waals surface area contributed by atoms with Crippen LogP contribution >= 0.6 is 0 Å². The van der Waals surface area contributed by atoms with E-state index in [1.807, 2.05) is 73.7 Å². The molecule has 3 aromatic carbocycles. The lowest BCUT2D eigenvalue weighted by Crippen LogP contribution is -2.28. The Hall–Kier alpha value is -4.06. The number of methoxy groups -OCH3 is 1. The maximum Gasteiger partial charge on any atom is 0.355 e. The Morgan fingerprint density at radius 1 is 0.969 bits per heavy atom. The normalized spacial score (nSPS) is 12.2. The lowest BCUT2D eigenvalue weighted by atomic mass is 9.95. The SMILES string of the molecule is COC(=O)c1c(-c2ccccc2)c2cc(C)ccc2c(=O)n1Cc1ccc2c(c1)OCO2. The molecule has 6 nitrogen and oxygen atoms in total. The van der Waals surface area contributed by atoms with Gasteiger partial charge in [0.25, 0.3) is 5.56 Å². The Labute approximate surface area is 184 Å². The summed E-state index contributed by atoms with van der Waals surface area (Å²) in [6.45, 7) is 2.31. The molecule has 1 aromatic heterocycles. The van der Waals surface area contributed by atoms with Crippen molar-refractivity contribution in [1.82, 2.24) is 4.57 Å². The minimum absolute atomic E-state index is 0.166. The number of pyridine rings is 1. The van der Waals surface area contributed by atoms with Gasteiger partial charge in [0.05, 0.1) is 13.7 Å². The summed E-state index contributed by atoms with van der Waals surface area (Å²) in [6.07, 6.45) is 0. The predicted octanol–water partition coefficient (Wildman–Crippen LogP) is 4.54. The third-order valence-electron chi connectivity index (χ3n) is 5.65. The van der Waals surface area contributed by atoms with Crippen molar-refractivity contribution in [3.8, 4) is 22.6 Å². The molecule has 1 aliphatic rings. The number of benzene rings is 3. The van der Waals surface area contributed by atoms with E-state index >= 15 is 0 Å². The quantitative estimate of drug-likeness (QED) is 0.448. The van der Waals surface area contributed by atoms with Crippen LogP contribution in [0.25, 0.3) is 21.9 Å². The van der Waals surface area contributed by atoms with Gasteiger partial charge in [-0.25, -0.2) is 4.79 Å². The molecule has 1 aliphatic heterocycles. The zero-order valence-electron chi connectivity index (χ0n) is 17.8. The predicted molar refractivity (Wildman–Crippen MR) is 121 cm³/mol. The summed E-state index contributed by atoms with van der Waals surface area (Å²) in [5.41, 5.74) is 3.29. The fraction of sp³-hybridized carbons (Fsp3) is 0.154. The van der Waals surface area contributed by atoms with Crippen LogP contribution in [-0.2, 0) is 11.3 Å². The highest BCUT2D eigenvalue weighted by atomic mass is 16.7. The van der Waals surface area contributed by atoms with Gasteiger partial charge in [0.15, 0.2) is 11.5 Å². The van der Waals surface area contributed by atoms with Crippen LogP contribution in [0, 0.1) is 6.92 Å². The van der Waals surface area contributed by atoms with E-state index in [9.17, 15) is 9.59 Å². The molecule has 0 amide bonds. The summed E-state index contributed by atoms with van der Waals surface area (Å²) in [5.74, 6) is 0.716. The van der Waals surface area contributed by atoms with Gasteiger partial charge in [0.1, 0.15) is 5.69 Å². The van der Waals surface area contributed by atoms with Gasteiger partial charge >= 0.3 is 5.97 Å². The van der Waals surface area contributed by atoms with Crippen LogP contribution in [0.5, 0.6) is 11.5 Å². The number of esters is 1. The van der Waals surface area contributed by atoms with Gasteiger partial charge in [-0.05, 0) is 41.6 Å². The lowest BCUT2D eigenvalue weighted by Gasteiger charge is -2.19. The molecule has 6 heteroatoms. The van der Waals surface area contributed by atoms with Crippen LogP contribution < -0.4 is 15.0 Å². The first kappa shape index (κ1) is 19.9. The summed E-state index contributed by atoms with van der Waals surface area (Å²) >= 11 is 0. The van der Waals surface area contributed by atoms with Crippen molar-refractivity contribution in [3.05, 3.63) is 93.9 Å². The molecular weight excluding hydrogens is 406 g/mol. The molecular formula is C26H21NO5. The van der Waals surface area contributed by atoms with Crippen LogP contribution in [-0.4, -0.2) is 24.4 Å². The van der Waals surface area contributed by atoms with Crippen molar-refractivity contribution in [2.75, 3.05) is 13.9 Å². The van der Waals surface area contributed by atoms with Crippen molar-refractivity contribution in [2.45, 2.75) is 13.5 Å². The van der Waals surface area contributed by atoms with Crippen molar-refractivity contribution < 1.29 is 19.0 Å². The number of rotatable bonds is 4. The second-order valence-corrected chi connectivity index (χ2v) is 7.71. The topological polar surface area (TPSA) is 66.8 Å². The maximum atomic E-state index is 13.6. The van der Waals surface area contributed by atoms with E-state index in [1.54, 1.807) is 0 Å². The minimum Gasteiger partial charge on any atom is -0.464 e. The molecule has 2 heterocycles. The van der Waals surface area contributed by atoms with Crippen LogP contribution in [0.4, 0.5) is 0 Å². The molecule has 0 saturated carbocycles. The van der Waals surface area contributed by atoms with Crippen LogP contribution in [0.15, 0.2) is 71.5 Å². The lowest BCUT2D eigenvalue weighted by molar-refractivity contribution is 0.0588. The number of aryl methyl sites for hydroxylation is 1. The molecule has 160 valence electrons. The molecule has 32 heavy (non-hydrogen) atoms. The van der Waals surface area contributed by atoms with Gasteiger partial charge in [0.2, 0.25) is 6.79 Å². The molecule has 0 unspecified atom stereocenters. The molecule has 0 atom stereocenters. The van der Waals surface area contributed by atoms with Crippen LogP contribution in [0.3, 0.4) is 0 Å². The van der Waals surface area contributed by atoms with E-state index in [1.165, 1.54) is 11.7 Å². The highest BCUT2D eigenvalue weighted by Gasteiger charge is 2.24. The van der Waals surface area contributed by atoms with Crippen LogP contribution in [0.2, 0.25) is 0 Å². The average molecular weight is 427 g/mol. The Morgan fingerprint density at radius 2 is 1.75 bits per heavy atom. The van der Waals surface area contributed by atoms with Crippen molar-refractivity contribution in [2.24, 2.45) is 0 Å². The zero-order valence-corrected chi connectivity index (χ0v) is 17.8. The van der Waals surface area contributed by atoms with E-state index in [-0.39, 0.29) is 24.6 Å². The van der Waals surface area contributed by atoms with Gasteiger partial charge in [-0.3, -0.25) is 9.36 Å². The number of hydrogen-bond acceptors (Lipinski definition) is 5. The molecule has 0 spiro atoms. The molecule has 0 radical (unpaired) electrons. The number of nitrogens with zero attached hydrogens (tertiary/aromatic N) is 1. The first-order valence-electron chi connectivity index (χ1n) is 10.3. The number of carbonyl (C=O) groups excluding carboxylic acids is 1. The van der Waals surface area contributed by atoms with E-state index in [0.717, 1.165) is 22.1 Å². The third kappa shape index (κ3) is 3.30. The molecule has 0 N–H and O–H groups in total. The highest BCUT2D eigenvalue weighted by Crippen LogP contribution is 2.34. The Bertz CT molecular complexity index is 1410. The number of aromatic nitrogens is 1. The van der Waals surface area contributed by atoms with E-state index in [0.29, 0.717) is 22.4 Å². The first-order valence-corrected chi connectivity index (χ1v) is 10.3. The minimum atomic E-state index is -0.565.